The SMILES string of the molecule is CN(CC1CCCCC1)c1ccnc(C#N)c1. The lowest BCUT2D eigenvalue weighted by Crippen LogP contribution is -2.26. The second-order valence-electron chi connectivity index (χ2n) is 4.90. The largest absolute Gasteiger partial charge is 0.374 e. The highest BCUT2D eigenvalue weighted by molar-refractivity contribution is 5.48. The van der Waals surface area contributed by atoms with E-state index in [1.165, 1.54) is 32.1 Å². The fourth-order valence-electron chi connectivity index (χ4n) is 2.58. The van der Waals surface area contributed by atoms with Crippen molar-refractivity contribution in [3.05, 3.63) is 24.0 Å². The first-order chi connectivity index (χ1) is 8.29. The number of hydrogen-bond acceptors (Lipinski definition) is 3. The Hall–Kier alpha value is -1.56. The van der Waals surface area contributed by atoms with Gasteiger partial charge in [0.2, 0.25) is 0 Å². The van der Waals surface area contributed by atoms with Crippen LogP contribution in [0.4, 0.5) is 5.69 Å². The number of rotatable bonds is 3. The van der Waals surface area contributed by atoms with Crippen LogP contribution in [0, 0.1) is 17.2 Å². The van der Waals surface area contributed by atoms with Gasteiger partial charge in [0, 0.05) is 25.5 Å². The zero-order valence-electron chi connectivity index (χ0n) is 10.4. The Morgan fingerprint density at radius 1 is 1.41 bits per heavy atom. The van der Waals surface area contributed by atoms with Crippen molar-refractivity contribution in [2.45, 2.75) is 32.1 Å². The van der Waals surface area contributed by atoms with E-state index in [1.54, 1.807) is 6.20 Å². The van der Waals surface area contributed by atoms with Gasteiger partial charge >= 0.3 is 0 Å². The fourth-order valence-corrected chi connectivity index (χ4v) is 2.58. The fraction of sp³-hybridized carbons (Fsp3) is 0.571. The summed E-state index contributed by atoms with van der Waals surface area (Å²) < 4.78 is 0. The standard InChI is InChI=1S/C14H19N3/c1-17(11-12-5-3-2-4-6-12)14-7-8-16-13(9-14)10-15/h7-9,12H,2-6,11H2,1H3. The van der Waals surface area contributed by atoms with Crippen LogP contribution in [-0.2, 0) is 0 Å². The topological polar surface area (TPSA) is 39.9 Å². The van der Waals surface area contributed by atoms with Crippen LogP contribution in [0.3, 0.4) is 0 Å². The van der Waals surface area contributed by atoms with Crippen molar-refractivity contribution in [1.82, 2.24) is 4.98 Å². The van der Waals surface area contributed by atoms with Crippen LogP contribution in [0.15, 0.2) is 18.3 Å². The maximum absolute atomic E-state index is 8.83. The molecule has 1 heterocycles. The summed E-state index contributed by atoms with van der Waals surface area (Å²) in [4.78, 5) is 6.25. The van der Waals surface area contributed by atoms with Gasteiger partial charge in [-0.25, -0.2) is 4.98 Å². The Labute approximate surface area is 103 Å². The van der Waals surface area contributed by atoms with E-state index in [4.69, 9.17) is 5.26 Å². The van der Waals surface area contributed by atoms with E-state index in [0.29, 0.717) is 5.69 Å². The molecule has 0 aromatic carbocycles. The van der Waals surface area contributed by atoms with E-state index in [1.807, 2.05) is 12.1 Å². The predicted molar refractivity (Wildman–Crippen MR) is 68.8 cm³/mol. The Morgan fingerprint density at radius 3 is 2.88 bits per heavy atom. The molecule has 1 aliphatic rings. The molecule has 0 spiro atoms. The summed E-state index contributed by atoms with van der Waals surface area (Å²) >= 11 is 0. The summed E-state index contributed by atoms with van der Waals surface area (Å²) in [7, 11) is 2.10. The Balaban J connectivity index is 1.98. The first-order valence-corrected chi connectivity index (χ1v) is 6.37. The van der Waals surface area contributed by atoms with Gasteiger partial charge in [-0.1, -0.05) is 19.3 Å². The average Bonchev–Trinajstić information content (AvgIpc) is 2.40. The van der Waals surface area contributed by atoms with Crippen LogP contribution in [0.1, 0.15) is 37.8 Å². The van der Waals surface area contributed by atoms with Crippen molar-refractivity contribution in [2.75, 3.05) is 18.5 Å². The Bertz CT molecular complexity index is 402. The lowest BCUT2D eigenvalue weighted by Gasteiger charge is -2.28. The van der Waals surface area contributed by atoms with Crippen molar-refractivity contribution in [3.63, 3.8) is 0 Å². The molecule has 0 bridgehead atoms. The molecule has 1 aliphatic carbocycles. The molecule has 3 nitrogen and oxygen atoms in total. The summed E-state index contributed by atoms with van der Waals surface area (Å²) in [5.74, 6) is 0.812. The van der Waals surface area contributed by atoms with E-state index in [0.717, 1.165) is 18.2 Å². The van der Waals surface area contributed by atoms with E-state index in [-0.39, 0.29) is 0 Å². The van der Waals surface area contributed by atoms with Crippen molar-refractivity contribution >= 4 is 5.69 Å². The minimum absolute atomic E-state index is 0.498. The van der Waals surface area contributed by atoms with E-state index in [9.17, 15) is 0 Å². The lowest BCUT2D eigenvalue weighted by atomic mass is 9.89. The van der Waals surface area contributed by atoms with Gasteiger partial charge in [0.25, 0.3) is 0 Å². The predicted octanol–water partition coefficient (Wildman–Crippen LogP) is 2.97. The molecule has 17 heavy (non-hydrogen) atoms. The van der Waals surface area contributed by atoms with Crippen LogP contribution in [0.5, 0.6) is 0 Å². The van der Waals surface area contributed by atoms with Crippen LogP contribution in [0.2, 0.25) is 0 Å². The van der Waals surface area contributed by atoms with Crippen LogP contribution in [0.25, 0.3) is 0 Å². The molecule has 1 aromatic rings. The molecule has 0 atom stereocenters. The Morgan fingerprint density at radius 2 is 2.18 bits per heavy atom. The van der Waals surface area contributed by atoms with Gasteiger partial charge in [0.1, 0.15) is 11.8 Å². The molecule has 0 radical (unpaired) electrons. The highest BCUT2D eigenvalue weighted by Crippen LogP contribution is 2.25. The minimum Gasteiger partial charge on any atom is -0.374 e. The molecule has 0 saturated heterocycles. The number of pyridine rings is 1. The number of anilines is 1. The number of hydrogen-bond donors (Lipinski definition) is 0. The molecular formula is C14H19N3. The van der Waals surface area contributed by atoms with Crippen LogP contribution in [-0.4, -0.2) is 18.6 Å². The van der Waals surface area contributed by atoms with Gasteiger partial charge in [0.05, 0.1) is 0 Å². The monoisotopic (exact) mass is 229 g/mol. The van der Waals surface area contributed by atoms with Crippen LogP contribution >= 0.6 is 0 Å². The minimum atomic E-state index is 0.498. The normalized spacial score (nSPS) is 16.5. The van der Waals surface area contributed by atoms with E-state index >= 15 is 0 Å². The number of nitriles is 1. The first-order valence-electron chi connectivity index (χ1n) is 6.37. The van der Waals surface area contributed by atoms with Crippen molar-refractivity contribution in [3.8, 4) is 6.07 Å². The summed E-state index contributed by atoms with van der Waals surface area (Å²) in [6.07, 6.45) is 8.55. The van der Waals surface area contributed by atoms with E-state index in [2.05, 4.69) is 23.0 Å². The van der Waals surface area contributed by atoms with Gasteiger partial charge in [-0.3, -0.25) is 0 Å². The summed E-state index contributed by atoms with van der Waals surface area (Å²) in [5.41, 5.74) is 1.60. The molecule has 3 heteroatoms. The summed E-state index contributed by atoms with van der Waals surface area (Å²) in [6.45, 7) is 1.09. The molecule has 1 saturated carbocycles. The second kappa shape index (κ2) is 5.67. The van der Waals surface area contributed by atoms with Crippen molar-refractivity contribution in [2.24, 2.45) is 5.92 Å². The smallest absolute Gasteiger partial charge is 0.142 e. The maximum atomic E-state index is 8.83. The van der Waals surface area contributed by atoms with Gasteiger partial charge in [0.15, 0.2) is 0 Å². The molecule has 0 amide bonds. The van der Waals surface area contributed by atoms with Gasteiger partial charge in [-0.2, -0.15) is 5.26 Å². The average molecular weight is 229 g/mol. The molecule has 1 fully saturated rings. The molecule has 2 rings (SSSR count). The number of nitrogens with zero attached hydrogens (tertiary/aromatic N) is 3. The third kappa shape index (κ3) is 3.20. The molecule has 0 unspecified atom stereocenters. The molecule has 0 N–H and O–H groups in total. The third-order valence-corrected chi connectivity index (χ3v) is 3.56. The van der Waals surface area contributed by atoms with Gasteiger partial charge in [-0.05, 0) is 30.9 Å². The highest BCUT2D eigenvalue weighted by atomic mass is 15.1. The van der Waals surface area contributed by atoms with Gasteiger partial charge in [-0.15, -0.1) is 0 Å². The quantitative estimate of drug-likeness (QED) is 0.800. The lowest BCUT2D eigenvalue weighted by molar-refractivity contribution is 0.362. The summed E-state index contributed by atoms with van der Waals surface area (Å²) in [6, 6.07) is 5.93. The van der Waals surface area contributed by atoms with Crippen molar-refractivity contribution < 1.29 is 0 Å². The van der Waals surface area contributed by atoms with E-state index < -0.39 is 0 Å². The summed E-state index contributed by atoms with van der Waals surface area (Å²) in [5, 5.41) is 8.83. The molecular weight excluding hydrogens is 210 g/mol. The first kappa shape index (κ1) is 11.9. The number of aromatic nitrogens is 1. The highest BCUT2D eigenvalue weighted by Gasteiger charge is 2.15. The molecule has 90 valence electrons. The second-order valence-corrected chi connectivity index (χ2v) is 4.90. The van der Waals surface area contributed by atoms with Crippen LogP contribution < -0.4 is 4.90 Å². The van der Waals surface area contributed by atoms with Gasteiger partial charge < -0.3 is 4.90 Å². The Kier molecular flexibility index (Phi) is 3.98. The molecule has 1 aromatic heterocycles. The zero-order valence-corrected chi connectivity index (χ0v) is 10.4. The van der Waals surface area contributed by atoms with Crippen molar-refractivity contribution in [1.29, 1.82) is 5.26 Å². The maximum Gasteiger partial charge on any atom is 0.142 e. The molecule has 0 aliphatic heterocycles. The zero-order chi connectivity index (χ0) is 12.1. The third-order valence-electron chi connectivity index (χ3n) is 3.56.